The summed E-state index contributed by atoms with van der Waals surface area (Å²) >= 11 is 0. The summed E-state index contributed by atoms with van der Waals surface area (Å²) in [4.78, 5) is 30.0. The lowest BCUT2D eigenvalue weighted by atomic mass is 9.54. The summed E-state index contributed by atoms with van der Waals surface area (Å²) in [7, 11) is 0. The molecule has 2 saturated carbocycles. The molecule has 9 nitrogen and oxygen atoms in total. The van der Waals surface area contributed by atoms with Crippen LogP contribution in [0, 0.1) is 5.41 Å². The summed E-state index contributed by atoms with van der Waals surface area (Å²) in [6.07, 6.45) is 5.91. The maximum Gasteiger partial charge on any atom is 0.407 e. The van der Waals surface area contributed by atoms with Gasteiger partial charge in [0, 0.05) is 30.9 Å². The van der Waals surface area contributed by atoms with Crippen LogP contribution in [0.15, 0.2) is 36.5 Å². The Hall–Kier alpha value is -3.33. The van der Waals surface area contributed by atoms with E-state index in [1.807, 2.05) is 0 Å². The molecule has 9 heteroatoms. The molecule has 2 heterocycles. The zero-order valence-electron chi connectivity index (χ0n) is 18.9. The fourth-order valence-electron chi connectivity index (χ4n) is 5.62. The number of carbonyl (C=O) groups excluding carboxylic acids is 1. The van der Waals surface area contributed by atoms with E-state index in [9.17, 15) is 24.9 Å². The largest absolute Gasteiger partial charge is 0.508 e. The first kappa shape index (κ1) is 22.5. The van der Waals surface area contributed by atoms with Crippen LogP contribution in [0.4, 0.5) is 10.6 Å². The van der Waals surface area contributed by atoms with Crippen LogP contribution in [-0.4, -0.2) is 61.9 Å². The minimum Gasteiger partial charge on any atom is -0.508 e. The molecule has 2 aliphatic carbocycles. The predicted molar refractivity (Wildman–Crippen MR) is 125 cm³/mol. The van der Waals surface area contributed by atoms with Gasteiger partial charge in [0.15, 0.2) is 0 Å². The van der Waals surface area contributed by atoms with Crippen LogP contribution in [0.25, 0.3) is 0 Å². The second-order valence-corrected chi connectivity index (χ2v) is 9.95. The van der Waals surface area contributed by atoms with E-state index in [1.165, 1.54) is 19.3 Å². The number of phenols is 1. The molecular formula is C25H30N4O5. The van der Waals surface area contributed by atoms with Crippen LogP contribution in [0.5, 0.6) is 5.75 Å². The van der Waals surface area contributed by atoms with Crippen molar-refractivity contribution >= 4 is 17.8 Å². The summed E-state index contributed by atoms with van der Waals surface area (Å²) in [5, 5.41) is 36.2. The summed E-state index contributed by atoms with van der Waals surface area (Å²) in [6.45, 7) is -0.0203. The highest BCUT2D eigenvalue weighted by Crippen LogP contribution is 2.56. The van der Waals surface area contributed by atoms with Crippen molar-refractivity contribution in [2.75, 3.05) is 11.9 Å². The first-order valence-electron chi connectivity index (χ1n) is 11.8. The number of nitrogens with one attached hydrogen (secondary N) is 2. The topological polar surface area (TPSA) is 135 Å². The number of carbonyl (C=O) groups is 2. The number of carboxylic acid groups (broad SMARTS) is 1. The summed E-state index contributed by atoms with van der Waals surface area (Å²) in [5.74, 6) is 0.384. The number of rotatable bonds is 6. The standard InChI is InChI=1S/C25H30N4O5/c30-19-3-2-15-9-20(29(24(33)34)14-17(15)8-19)21(31)13-27-23(32)16-4-7-26-22(10-16)28-18-11-25(12-18)5-1-6-25/h2-4,7-8,10,18,20-21,30-31H,1,5-6,9,11-14H2,(H,26,28)(H,27,32)(H,33,34)/t20-,21?/m0/s1. The van der Waals surface area contributed by atoms with Crippen molar-refractivity contribution in [2.24, 2.45) is 5.41 Å². The van der Waals surface area contributed by atoms with Gasteiger partial charge in [0.1, 0.15) is 11.6 Å². The molecule has 2 fully saturated rings. The lowest BCUT2D eigenvalue weighted by Gasteiger charge is -2.54. The van der Waals surface area contributed by atoms with E-state index in [1.54, 1.807) is 36.5 Å². The highest BCUT2D eigenvalue weighted by atomic mass is 16.4. The average molecular weight is 467 g/mol. The summed E-state index contributed by atoms with van der Waals surface area (Å²) < 4.78 is 0. The molecule has 2 aromatic rings. The Labute approximate surface area is 197 Å². The normalized spacial score (nSPS) is 21.7. The number of anilines is 1. The van der Waals surface area contributed by atoms with E-state index < -0.39 is 18.2 Å². The Kier molecular flexibility index (Phi) is 5.81. The van der Waals surface area contributed by atoms with Gasteiger partial charge >= 0.3 is 6.09 Å². The fraction of sp³-hybridized carbons (Fsp3) is 0.480. The Morgan fingerprint density at radius 2 is 1.97 bits per heavy atom. The predicted octanol–water partition coefficient (Wildman–Crippen LogP) is 2.73. The summed E-state index contributed by atoms with van der Waals surface area (Å²) in [5.41, 5.74) is 2.56. The van der Waals surface area contributed by atoms with Gasteiger partial charge in [-0.15, -0.1) is 0 Å². The van der Waals surface area contributed by atoms with E-state index >= 15 is 0 Å². The van der Waals surface area contributed by atoms with Crippen molar-refractivity contribution in [3.8, 4) is 5.75 Å². The van der Waals surface area contributed by atoms with E-state index in [-0.39, 0.29) is 24.7 Å². The number of aliphatic hydroxyl groups is 1. The molecule has 3 aliphatic rings. The third-order valence-corrected chi connectivity index (χ3v) is 7.67. The molecule has 5 rings (SSSR count). The first-order valence-corrected chi connectivity index (χ1v) is 11.8. The molecule has 5 N–H and O–H groups in total. The lowest BCUT2D eigenvalue weighted by Crippen LogP contribution is -2.53. The zero-order chi connectivity index (χ0) is 23.9. The maximum absolute atomic E-state index is 12.7. The number of phenolic OH excluding ortho intramolecular Hbond substituents is 1. The Morgan fingerprint density at radius 3 is 2.68 bits per heavy atom. The van der Waals surface area contributed by atoms with E-state index in [0.717, 1.165) is 23.3 Å². The number of fused-ring (bicyclic) bond motifs is 1. The van der Waals surface area contributed by atoms with Crippen LogP contribution >= 0.6 is 0 Å². The fourth-order valence-corrected chi connectivity index (χ4v) is 5.62. The Bertz CT molecular complexity index is 1090. The number of aromatic hydroxyl groups is 1. The van der Waals surface area contributed by atoms with E-state index in [0.29, 0.717) is 34.8 Å². The Balaban J connectivity index is 1.18. The number of amides is 2. The van der Waals surface area contributed by atoms with Gasteiger partial charge < -0.3 is 26.0 Å². The number of hydrogen-bond donors (Lipinski definition) is 5. The molecule has 180 valence electrons. The summed E-state index contributed by atoms with van der Waals surface area (Å²) in [6, 6.07) is 7.84. The smallest absolute Gasteiger partial charge is 0.407 e. The second-order valence-electron chi connectivity index (χ2n) is 9.95. The van der Waals surface area contributed by atoms with Crippen molar-refractivity contribution in [3.63, 3.8) is 0 Å². The minimum atomic E-state index is -1.16. The molecule has 1 unspecified atom stereocenters. The van der Waals surface area contributed by atoms with Crippen LogP contribution in [0.2, 0.25) is 0 Å². The molecule has 1 aromatic carbocycles. The van der Waals surface area contributed by atoms with Crippen LogP contribution < -0.4 is 10.6 Å². The molecule has 2 amide bonds. The molecule has 34 heavy (non-hydrogen) atoms. The van der Waals surface area contributed by atoms with Gasteiger partial charge in [-0.25, -0.2) is 9.78 Å². The first-order chi connectivity index (χ1) is 16.3. The number of aliphatic hydroxyl groups excluding tert-OH is 1. The average Bonchev–Trinajstić information content (AvgIpc) is 2.77. The maximum atomic E-state index is 12.7. The van der Waals surface area contributed by atoms with Gasteiger partial charge in [0.2, 0.25) is 0 Å². The van der Waals surface area contributed by atoms with Crippen molar-refractivity contribution in [1.29, 1.82) is 0 Å². The van der Waals surface area contributed by atoms with Crippen molar-refractivity contribution in [1.82, 2.24) is 15.2 Å². The number of benzene rings is 1. The van der Waals surface area contributed by atoms with Crippen LogP contribution in [-0.2, 0) is 13.0 Å². The monoisotopic (exact) mass is 466 g/mol. The van der Waals surface area contributed by atoms with Gasteiger partial charge in [0.25, 0.3) is 5.91 Å². The molecule has 0 radical (unpaired) electrons. The molecule has 0 bridgehead atoms. The number of hydrogen-bond acceptors (Lipinski definition) is 6. The minimum absolute atomic E-state index is 0.0660. The quantitative estimate of drug-likeness (QED) is 0.442. The van der Waals surface area contributed by atoms with Crippen molar-refractivity contribution in [2.45, 2.75) is 63.3 Å². The molecular weight excluding hydrogens is 436 g/mol. The molecule has 1 aromatic heterocycles. The molecule has 2 atom stereocenters. The van der Waals surface area contributed by atoms with Gasteiger partial charge in [-0.3, -0.25) is 9.69 Å². The molecule has 0 saturated heterocycles. The second kappa shape index (κ2) is 8.79. The molecule has 1 aliphatic heterocycles. The van der Waals surface area contributed by atoms with Gasteiger partial charge in [-0.2, -0.15) is 0 Å². The number of nitrogens with zero attached hydrogens (tertiary/aromatic N) is 2. The van der Waals surface area contributed by atoms with Crippen LogP contribution in [0.3, 0.4) is 0 Å². The van der Waals surface area contributed by atoms with Gasteiger partial charge in [0.05, 0.1) is 12.1 Å². The SMILES string of the molecule is O=C(NCC(O)[C@@H]1Cc2ccc(O)cc2CN1C(=O)O)c1ccnc(NC2CC3(CCC3)C2)c1. The van der Waals surface area contributed by atoms with Crippen molar-refractivity contribution < 1.29 is 24.9 Å². The van der Waals surface area contributed by atoms with Gasteiger partial charge in [-0.1, -0.05) is 12.5 Å². The van der Waals surface area contributed by atoms with Crippen LogP contribution in [0.1, 0.15) is 53.6 Å². The van der Waals surface area contributed by atoms with Gasteiger partial charge in [-0.05, 0) is 72.9 Å². The highest BCUT2D eigenvalue weighted by molar-refractivity contribution is 5.94. The third kappa shape index (κ3) is 4.40. The molecule has 1 spiro atoms. The number of pyridine rings is 1. The van der Waals surface area contributed by atoms with E-state index in [4.69, 9.17) is 0 Å². The third-order valence-electron chi connectivity index (χ3n) is 7.67. The highest BCUT2D eigenvalue weighted by Gasteiger charge is 2.48. The van der Waals surface area contributed by atoms with E-state index in [2.05, 4.69) is 15.6 Å². The van der Waals surface area contributed by atoms with Crippen molar-refractivity contribution in [3.05, 3.63) is 53.2 Å². The number of aromatic nitrogens is 1. The Morgan fingerprint density at radius 1 is 1.18 bits per heavy atom. The lowest BCUT2D eigenvalue weighted by molar-refractivity contribution is 0.0191. The zero-order valence-corrected chi connectivity index (χ0v) is 18.9.